The normalized spacial score (nSPS) is 18.0. The summed E-state index contributed by atoms with van der Waals surface area (Å²) >= 11 is 0. The van der Waals surface area contributed by atoms with E-state index >= 15 is 0 Å². The largest absolute Gasteiger partial charge is 0.361 e. The van der Waals surface area contributed by atoms with Crippen LogP contribution >= 0.6 is 0 Å². The first-order chi connectivity index (χ1) is 12.3. The van der Waals surface area contributed by atoms with Gasteiger partial charge in [-0.1, -0.05) is 18.2 Å². The van der Waals surface area contributed by atoms with Gasteiger partial charge in [-0.25, -0.2) is 0 Å². The van der Waals surface area contributed by atoms with Gasteiger partial charge in [0, 0.05) is 30.2 Å². The molecule has 1 atom stereocenters. The predicted octanol–water partition coefficient (Wildman–Crippen LogP) is 3.08. The fourth-order valence-corrected chi connectivity index (χ4v) is 3.81. The molecule has 6 nitrogen and oxygen atoms in total. The van der Waals surface area contributed by atoms with Crippen molar-refractivity contribution >= 4 is 16.8 Å². The first-order valence-electron chi connectivity index (χ1n) is 9.00. The van der Waals surface area contributed by atoms with Gasteiger partial charge in [0.1, 0.15) is 6.33 Å². The zero-order valence-electron chi connectivity index (χ0n) is 14.5. The van der Waals surface area contributed by atoms with Crippen LogP contribution in [0.4, 0.5) is 0 Å². The number of para-hydroxylation sites is 1. The van der Waals surface area contributed by atoms with Gasteiger partial charge in [0.2, 0.25) is 5.91 Å². The number of aromatic amines is 1. The number of piperidine rings is 1. The number of likely N-dealkylation sites (tertiary alicyclic amines) is 1. The fourth-order valence-electron chi connectivity index (χ4n) is 3.81. The molecule has 1 aliphatic rings. The van der Waals surface area contributed by atoms with Gasteiger partial charge in [-0.05, 0) is 37.8 Å². The smallest absolute Gasteiger partial charge is 0.227 e. The zero-order valence-corrected chi connectivity index (χ0v) is 14.5. The molecule has 130 valence electrons. The summed E-state index contributed by atoms with van der Waals surface area (Å²) in [5.41, 5.74) is 2.13. The van der Waals surface area contributed by atoms with Gasteiger partial charge >= 0.3 is 0 Å². The summed E-state index contributed by atoms with van der Waals surface area (Å²) in [5.74, 6) is 1.08. The Balaban J connectivity index is 1.59. The zero-order chi connectivity index (χ0) is 17.2. The minimum atomic E-state index is 0.0360. The molecule has 1 fully saturated rings. The predicted molar refractivity (Wildman–Crippen MR) is 96.0 cm³/mol. The van der Waals surface area contributed by atoms with Gasteiger partial charge in [-0.3, -0.25) is 4.79 Å². The van der Waals surface area contributed by atoms with Gasteiger partial charge in [0.15, 0.2) is 5.82 Å². The van der Waals surface area contributed by atoms with Crippen molar-refractivity contribution in [3.63, 3.8) is 0 Å². The second-order valence-corrected chi connectivity index (χ2v) is 6.61. The number of carbonyl (C=O) groups excluding carboxylic acids is 1. The van der Waals surface area contributed by atoms with Crippen molar-refractivity contribution in [3.05, 3.63) is 48.2 Å². The molecular weight excluding hydrogens is 314 g/mol. The third-order valence-electron chi connectivity index (χ3n) is 5.12. The Morgan fingerprint density at radius 1 is 1.32 bits per heavy atom. The number of fused-ring (bicyclic) bond motifs is 1. The Morgan fingerprint density at radius 2 is 2.20 bits per heavy atom. The van der Waals surface area contributed by atoms with Crippen LogP contribution in [0.5, 0.6) is 0 Å². The lowest BCUT2D eigenvalue weighted by atomic mass is 10.00. The molecular formula is C19H23N5O. The van der Waals surface area contributed by atoms with Crippen molar-refractivity contribution in [1.29, 1.82) is 0 Å². The second-order valence-electron chi connectivity index (χ2n) is 6.61. The highest BCUT2D eigenvalue weighted by Gasteiger charge is 2.31. The minimum absolute atomic E-state index is 0.0360. The molecule has 6 heteroatoms. The highest BCUT2D eigenvalue weighted by Crippen LogP contribution is 2.30. The number of hydrogen-bond acceptors (Lipinski definition) is 3. The Kier molecular flexibility index (Phi) is 4.26. The lowest BCUT2D eigenvalue weighted by Gasteiger charge is -2.35. The first kappa shape index (κ1) is 15.9. The maximum atomic E-state index is 13.1. The van der Waals surface area contributed by atoms with Crippen LogP contribution in [0.15, 0.2) is 36.8 Å². The van der Waals surface area contributed by atoms with Crippen molar-refractivity contribution in [2.45, 2.75) is 45.2 Å². The van der Waals surface area contributed by atoms with Gasteiger partial charge in [0.25, 0.3) is 0 Å². The molecule has 1 aromatic carbocycles. The third-order valence-corrected chi connectivity index (χ3v) is 5.12. The van der Waals surface area contributed by atoms with E-state index in [1.165, 1.54) is 0 Å². The molecule has 0 unspecified atom stereocenters. The van der Waals surface area contributed by atoms with E-state index in [-0.39, 0.29) is 11.9 Å². The van der Waals surface area contributed by atoms with E-state index in [4.69, 9.17) is 0 Å². The Morgan fingerprint density at radius 3 is 3.08 bits per heavy atom. The summed E-state index contributed by atoms with van der Waals surface area (Å²) in [7, 11) is 0. The molecule has 3 heterocycles. The molecule has 1 aliphatic heterocycles. The maximum absolute atomic E-state index is 13.1. The van der Waals surface area contributed by atoms with Crippen LogP contribution in [0.2, 0.25) is 0 Å². The molecule has 25 heavy (non-hydrogen) atoms. The maximum Gasteiger partial charge on any atom is 0.227 e. The molecule has 1 N–H and O–H groups in total. The molecule has 0 saturated carbocycles. The number of hydrogen-bond donors (Lipinski definition) is 1. The van der Waals surface area contributed by atoms with Crippen LogP contribution in [-0.4, -0.2) is 37.1 Å². The highest BCUT2D eigenvalue weighted by molar-refractivity contribution is 5.89. The molecule has 0 bridgehead atoms. The highest BCUT2D eigenvalue weighted by atomic mass is 16.2. The SMILES string of the molecule is CCn1cnnc1[C@H]1CCCCN1C(=O)Cc1c[nH]c2ccccc12. The summed E-state index contributed by atoms with van der Waals surface area (Å²) in [6.07, 6.45) is 7.26. The van der Waals surface area contributed by atoms with Crippen molar-refractivity contribution in [3.8, 4) is 0 Å². The number of aryl methyl sites for hydroxylation is 1. The number of amides is 1. The molecule has 4 rings (SSSR count). The lowest BCUT2D eigenvalue weighted by molar-refractivity contribution is -0.134. The van der Waals surface area contributed by atoms with Crippen LogP contribution in [0.3, 0.4) is 0 Å². The van der Waals surface area contributed by atoms with Crippen LogP contribution < -0.4 is 0 Å². The van der Waals surface area contributed by atoms with Crippen LogP contribution in [-0.2, 0) is 17.8 Å². The molecule has 0 spiro atoms. The van der Waals surface area contributed by atoms with E-state index in [1.54, 1.807) is 6.33 Å². The van der Waals surface area contributed by atoms with Gasteiger partial charge in [-0.15, -0.1) is 10.2 Å². The monoisotopic (exact) mass is 337 g/mol. The van der Waals surface area contributed by atoms with Crippen molar-refractivity contribution in [1.82, 2.24) is 24.6 Å². The summed E-state index contributed by atoms with van der Waals surface area (Å²) in [4.78, 5) is 18.3. The van der Waals surface area contributed by atoms with E-state index in [1.807, 2.05) is 33.9 Å². The molecule has 0 radical (unpaired) electrons. The van der Waals surface area contributed by atoms with E-state index in [9.17, 15) is 4.79 Å². The Labute approximate surface area is 146 Å². The Bertz CT molecular complexity index is 881. The first-order valence-corrected chi connectivity index (χ1v) is 9.00. The van der Waals surface area contributed by atoms with Crippen LogP contribution in [0.25, 0.3) is 10.9 Å². The average molecular weight is 337 g/mol. The van der Waals surface area contributed by atoms with Crippen LogP contribution in [0.1, 0.15) is 43.6 Å². The number of nitrogens with one attached hydrogen (secondary N) is 1. The molecule has 1 amide bonds. The second kappa shape index (κ2) is 6.70. The van der Waals surface area contributed by atoms with Crippen molar-refractivity contribution in [2.75, 3.05) is 6.54 Å². The number of benzene rings is 1. The summed E-state index contributed by atoms with van der Waals surface area (Å²) < 4.78 is 2.04. The molecule has 3 aromatic rings. The number of carbonyl (C=O) groups is 1. The average Bonchev–Trinajstić information content (AvgIpc) is 3.29. The quantitative estimate of drug-likeness (QED) is 0.795. The van der Waals surface area contributed by atoms with E-state index < -0.39 is 0 Å². The Hall–Kier alpha value is -2.63. The molecule has 2 aromatic heterocycles. The topological polar surface area (TPSA) is 66.8 Å². The van der Waals surface area contributed by atoms with Crippen molar-refractivity contribution < 1.29 is 4.79 Å². The standard InChI is InChI=1S/C19H23N5O/c1-2-23-13-21-22-19(23)17-9-5-6-10-24(17)18(25)11-14-12-20-16-8-4-3-7-15(14)16/h3-4,7-8,12-13,17,20H,2,5-6,9-11H2,1H3/t17-/m1/s1. The number of nitrogens with zero attached hydrogens (tertiary/aromatic N) is 4. The number of rotatable bonds is 4. The van der Waals surface area contributed by atoms with Crippen molar-refractivity contribution in [2.24, 2.45) is 0 Å². The van der Waals surface area contributed by atoms with E-state index in [2.05, 4.69) is 28.2 Å². The summed E-state index contributed by atoms with van der Waals surface area (Å²) in [5, 5.41) is 9.48. The van der Waals surface area contributed by atoms with Gasteiger partial charge < -0.3 is 14.5 Å². The van der Waals surface area contributed by atoms with Gasteiger partial charge in [0.05, 0.1) is 12.5 Å². The summed E-state index contributed by atoms with van der Waals surface area (Å²) in [6.45, 7) is 3.69. The molecule has 1 saturated heterocycles. The van der Waals surface area contributed by atoms with Gasteiger partial charge in [-0.2, -0.15) is 0 Å². The summed E-state index contributed by atoms with van der Waals surface area (Å²) in [6, 6.07) is 8.15. The lowest BCUT2D eigenvalue weighted by Crippen LogP contribution is -2.40. The third kappa shape index (κ3) is 2.92. The minimum Gasteiger partial charge on any atom is -0.361 e. The number of H-pyrrole nitrogens is 1. The van der Waals surface area contributed by atoms with E-state index in [0.29, 0.717) is 6.42 Å². The van der Waals surface area contributed by atoms with E-state index in [0.717, 1.165) is 54.6 Å². The van der Waals surface area contributed by atoms with Crippen LogP contribution in [0, 0.1) is 0 Å². The fraction of sp³-hybridized carbons (Fsp3) is 0.421. The molecule has 0 aliphatic carbocycles. The number of aromatic nitrogens is 4.